The van der Waals surface area contributed by atoms with Crippen molar-refractivity contribution in [2.75, 3.05) is 13.1 Å². The first-order valence-electron chi connectivity index (χ1n) is 6.82. The van der Waals surface area contributed by atoms with Crippen molar-refractivity contribution >= 4 is 28.8 Å². The smallest absolute Gasteiger partial charge is 0.324 e. The van der Waals surface area contributed by atoms with Gasteiger partial charge in [-0.05, 0) is 12.1 Å². The van der Waals surface area contributed by atoms with Gasteiger partial charge in [0.15, 0.2) is 5.96 Å². The number of nitrogens with zero attached hydrogens (tertiary/aromatic N) is 2. The number of carbonyl (C=O) groups excluding carboxylic acids is 2. The highest BCUT2D eigenvalue weighted by atomic mass is 16.3. The number of carbonyl (C=O) groups is 2. The third-order valence-corrected chi connectivity index (χ3v) is 3.15. The van der Waals surface area contributed by atoms with Crippen molar-refractivity contribution in [1.29, 1.82) is 0 Å². The largest absolute Gasteiger partial charge is 0.389 e. The van der Waals surface area contributed by atoms with E-state index in [-0.39, 0.29) is 24.7 Å². The van der Waals surface area contributed by atoms with E-state index in [0.717, 1.165) is 4.57 Å². The predicted molar refractivity (Wildman–Crippen MR) is 85.9 cm³/mol. The van der Waals surface area contributed by atoms with Gasteiger partial charge in [0.05, 0.1) is 18.2 Å². The van der Waals surface area contributed by atoms with E-state index in [4.69, 9.17) is 17.2 Å². The maximum absolute atomic E-state index is 12.2. The van der Waals surface area contributed by atoms with E-state index in [1.165, 1.54) is 0 Å². The number of nitrogens with two attached hydrogens (primary N) is 3. The van der Waals surface area contributed by atoms with Gasteiger partial charge < -0.3 is 27.6 Å². The number of para-hydroxylation sites is 1. The van der Waals surface area contributed by atoms with Gasteiger partial charge in [0, 0.05) is 11.9 Å². The second-order valence-electron chi connectivity index (χ2n) is 4.89. The summed E-state index contributed by atoms with van der Waals surface area (Å²) < 4.78 is 1.12. The number of guanidine groups is 1. The molecule has 0 fully saturated rings. The number of benzene rings is 1. The molecule has 122 valence electrons. The van der Waals surface area contributed by atoms with Gasteiger partial charge in [-0.2, -0.15) is 0 Å². The van der Waals surface area contributed by atoms with Gasteiger partial charge in [-0.1, -0.05) is 18.2 Å². The molecule has 1 heterocycles. The van der Waals surface area contributed by atoms with Crippen LogP contribution in [0.1, 0.15) is 10.5 Å². The summed E-state index contributed by atoms with van der Waals surface area (Å²) in [5.74, 6) is -0.687. The van der Waals surface area contributed by atoms with Crippen LogP contribution in [0.2, 0.25) is 0 Å². The first-order chi connectivity index (χ1) is 10.9. The number of primary amides is 1. The van der Waals surface area contributed by atoms with E-state index >= 15 is 0 Å². The molecule has 0 aliphatic heterocycles. The lowest BCUT2D eigenvalue weighted by atomic mass is 10.2. The summed E-state index contributed by atoms with van der Waals surface area (Å²) in [5, 5.41) is 12.9. The Kier molecular flexibility index (Phi) is 4.82. The van der Waals surface area contributed by atoms with Crippen molar-refractivity contribution in [3.8, 4) is 0 Å². The van der Waals surface area contributed by atoms with Crippen LogP contribution in [-0.2, 0) is 0 Å². The van der Waals surface area contributed by atoms with E-state index in [1.54, 1.807) is 30.3 Å². The Bertz CT molecular complexity index is 763. The minimum absolute atomic E-state index is 0.0403. The Balaban J connectivity index is 2.16. The maximum Gasteiger partial charge on any atom is 0.324 e. The molecule has 1 atom stereocenters. The Labute approximate surface area is 131 Å². The van der Waals surface area contributed by atoms with E-state index < -0.39 is 18.0 Å². The number of amides is 2. The van der Waals surface area contributed by atoms with E-state index in [2.05, 4.69) is 10.3 Å². The summed E-state index contributed by atoms with van der Waals surface area (Å²) >= 11 is 0. The minimum atomic E-state index is -0.951. The number of aliphatic hydroxyl groups excluding tert-OH is 1. The fraction of sp³-hybridized carbons (Fsp3) is 0.214. The van der Waals surface area contributed by atoms with Crippen molar-refractivity contribution < 1.29 is 14.7 Å². The highest BCUT2D eigenvalue weighted by molar-refractivity contribution is 6.04. The fourth-order valence-electron chi connectivity index (χ4n) is 2.14. The molecule has 1 aromatic carbocycles. The van der Waals surface area contributed by atoms with Crippen LogP contribution in [0, 0.1) is 0 Å². The van der Waals surface area contributed by atoms with Crippen molar-refractivity contribution in [1.82, 2.24) is 9.88 Å². The zero-order chi connectivity index (χ0) is 17.0. The van der Waals surface area contributed by atoms with Crippen LogP contribution in [0.4, 0.5) is 4.79 Å². The van der Waals surface area contributed by atoms with E-state index in [1.807, 2.05) is 0 Å². The maximum atomic E-state index is 12.2. The molecule has 23 heavy (non-hydrogen) atoms. The van der Waals surface area contributed by atoms with Gasteiger partial charge in [0.25, 0.3) is 5.91 Å². The SMILES string of the molecule is NC(=O)n1c(C(=O)NCC(O)CN=C(N)N)cc2ccccc21. The molecule has 8 N–H and O–H groups in total. The van der Waals surface area contributed by atoms with Crippen LogP contribution in [0.3, 0.4) is 0 Å². The van der Waals surface area contributed by atoms with Gasteiger partial charge in [-0.3, -0.25) is 14.4 Å². The normalized spacial score (nSPS) is 11.9. The predicted octanol–water partition coefficient (Wildman–Crippen LogP) is -1.07. The lowest BCUT2D eigenvalue weighted by Gasteiger charge is -2.11. The number of fused-ring (bicyclic) bond motifs is 1. The Morgan fingerprint density at radius 2 is 1.96 bits per heavy atom. The van der Waals surface area contributed by atoms with Crippen molar-refractivity contribution in [3.05, 3.63) is 36.0 Å². The summed E-state index contributed by atoms with van der Waals surface area (Å²) in [6, 6.07) is 7.76. The Hall–Kier alpha value is -3.07. The summed E-state index contributed by atoms with van der Waals surface area (Å²) in [5.41, 5.74) is 16.3. The zero-order valence-electron chi connectivity index (χ0n) is 12.3. The molecule has 0 saturated carbocycles. The quantitative estimate of drug-likeness (QED) is 0.350. The van der Waals surface area contributed by atoms with Crippen molar-refractivity contribution in [2.24, 2.45) is 22.2 Å². The van der Waals surface area contributed by atoms with Gasteiger partial charge in [-0.25, -0.2) is 4.79 Å². The van der Waals surface area contributed by atoms with Crippen LogP contribution >= 0.6 is 0 Å². The fourth-order valence-corrected chi connectivity index (χ4v) is 2.14. The third kappa shape index (κ3) is 3.77. The molecule has 0 bridgehead atoms. The van der Waals surface area contributed by atoms with Gasteiger partial charge >= 0.3 is 6.03 Å². The minimum Gasteiger partial charge on any atom is -0.389 e. The number of nitrogens with one attached hydrogen (secondary N) is 1. The molecule has 0 aliphatic rings. The van der Waals surface area contributed by atoms with Crippen LogP contribution in [0.25, 0.3) is 10.9 Å². The summed E-state index contributed by atoms with van der Waals surface area (Å²) in [6.45, 7) is -0.114. The second-order valence-corrected chi connectivity index (χ2v) is 4.89. The van der Waals surface area contributed by atoms with Crippen LogP contribution in [0.15, 0.2) is 35.3 Å². The molecule has 2 rings (SSSR count). The molecule has 0 radical (unpaired) electrons. The summed E-state index contributed by atoms with van der Waals surface area (Å²) in [6.07, 6.45) is -0.951. The monoisotopic (exact) mass is 318 g/mol. The average molecular weight is 318 g/mol. The van der Waals surface area contributed by atoms with E-state index in [9.17, 15) is 14.7 Å². The lowest BCUT2D eigenvalue weighted by molar-refractivity contribution is 0.0913. The van der Waals surface area contributed by atoms with Gasteiger partial charge in [-0.15, -0.1) is 0 Å². The second kappa shape index (κ2) is 6.79. The number of hydrogen-bond donors (Lipinski definition) is 5. The molecule has 1 unspecified atom stereocenters. The number of aliphatic hydroxyl groups is 1. The molecule has 1 aromatic heterocycles. The lowest BCUT2D eigenvalue weighted by Crippen LogP contribution is -2.36. The number of hydrogen-bond acceptors (Lipinski definition) is 4. The van der Waals surface area contributed by atoms with Crippen molar-refractivity contribution in [3.63, 3.8) is 0 Å². The number of aromatic nitrogens is 1. The van der Waals surface area contributed by atoms with Crippen LogP contribution < -0.4 is 22.5 Å². The highest BCUT2D eigenvalue weighted by Gasteiger charge is 2.19. The molecule has 2 amide bonds. The topological polar surface area (TPSA) is 162 Å². The molecule has 0 aliphatic carbocycles. The molecular formula is C14H18N6O3. The first-order valence-corrected chi connectivity index (χ1v) is 6.82. The standard InChI is InChI=1S/C14H18N6O3/c15-13(16)19-7-9(21)6-18-12(22)11-5-8-3-1-2-4-10(8)20(11)14(17)23/h1-5,9,21H,6-7H2,(H2,17,23)(H,18,22)(H4,15,16,19). The Morgan fingerprint density at radius 3 is 2.61 bits per heavy atom. The summed E-state index contributed by atoms with van der Waals surface area (Å²) in [7, 11) is 0. The third-order valence-electron chi connectivity index (χ3n) is 3.15. The highest BCUT2D eigenvalue weighted by Crippen LogP contribution is 2.19. The number of aliphatic imine (C=N–C) groups is 1. The molecular weight excluding hydrogens is 300 g/mol. The first kappa shape index (κ1) is 16.3. The summed E-state index contributed by atoms with van der Waals surface area (Å²) in [4.78, 5) is 27.5. The van der Waals surface area contributed by atoms with Crippen LogP contribution in [0.5, 0.6) is 0 Å². The Morgan fingerprint density at radius 1 is 1.26 bits per heavy atom. The molecule has 0 saturated heterocycles. The molecule has 2 aromatic rings. The zero-order valence-corrected chi connectivity index (χ0v) is 12.3. The van der Waals surface area contributed by atoms with Gasteiger partial charge in [0.1, 0.15) is 5.69 Å². The van der Waals surface area contributed by atoms with Crippen LogP contribution in [-0.4, -0.2) is 46.8 Å². The van der Waals surface area contributed by atoms with E-state index in [0.29, 0.717) is 10.9 Å². The average Bonchev–Trinajstić information content (AvgIpc) is 2.90. The molecule has 0 spiro atoms. The van der Waals surface area contributed by atoms with Crippen molar-refractivity contribution in [2.45, 2.75) is 6.10 Å². The number of rotatable bonds is 5. The molecule has 9 heteroatoms. The van der Waals surface area contributed by atoms with Gasteiger partial charge in [0.2, 0.25) is 0 Å². The molecule has 9 nitrogen and oxygen atoms in total.